The van der Waals surface area contributed by atoms with Crippen molar-refractivity contribution in [1.29, 1.82) is 0 Å². The zero-order chi connectivity index (χ0) is 14.3. The summed E-state index contributed by atoms with van der Waals surface area (Å²) < 4.78 is 5.88. The molecule has 0 bridgehead atoms. The second kappa shape index (κ2) is 4.75. The third-order valence-electron chi connectivity index (χ3n) is 4.08. The zero-order valence-electron chi connectivity index (χ0n) is 11.8. The van der Waals surface area contributed by atoms with Gasteiger partial charge in [-0.1, -0.05) is 18.2 Å². The summed E-state index contributed by atoms with van der Waals surface area (Å²) in [6, 6.07) is 7.29. The number of nitrogens with one attached hydrogen (secondary N) is 1. The molecule has 0 radical (unpaired) electrons. The molecule has 1 saturated heterocycles. The molecule has 1 fully saturated rings. The average Bonchev–Trinajstić information content (AvgIpc) is 2.41. The monoisotopic (exact) mass is 276 g/mol. The van der Waals surface area contributed by atoms with E-state index in [9.17, 15) is 9.90 Å². The summed E-state index contributed by atoms with van der Waals surface area (Å²) in [6.07, 6.45) is -0.751. The summed E-state index contributed by atoms with van der Waals surface area (Å²) in [5.41, 5.74) is 0.166. The van der Waals surface area contributed by atoms with Crippen molar-refractivity contribution < 1.29 is 14.6 Å². The largest absolute Gasteiger partial charge is 0.485 e. The summed E-state index contributed by atoms with van der Waals surface area (Å²) in [5.74, 6) is 0.770. The Balaban J connectivity index is 2.05. The van der Waals surface area contributed by atoms with Crippen molar-refractivity contribution in [3.8, 4) is 5.75 Å². The molecule has 2 aliphatic heterocycles. The van der Waals surface area contributed by atoms with Gasteiger partial charge in [0.05, 0.1) is 12.6 Å². The van der Waals surface area contributed by atoms with Crippen molar-refractivity contribution in [3.63, 3.8) is 0 Å². The highest BCUT2D eigenvalue weighted by Gasteiger charge is 2.46. The van der Waals surface area contributed by atoms with E-state index in [4.69, 9.17) is 4.74 Å². The van der Waals surface area contributed by atoms with E-state index in [-0.39, 0.29) is 11.9 Å². The highest BCUT2D eigenvalue weighted by Crippen LogP contribution is 2.42. The topological polar surface area (TPSA) is 61.8 Å². The Morgan fingerprint density at radius 1 is 1.40 bits per heavy atom. The number of amides is 1. The number of para-hydroxylation sites is 1. The molecular formula is C15H20N2O3. The fraction of sp³-hybridized carbons (Fsp3) is 0.533. The normalized spacial score (nSPS) is 28.8. The Kier molecular flexibility index (Phi) is 3.18. The maximum atomic E-state index is 12.2. The first kappa shape index (κ1) is 13.4. The van der Waals surface area contributed by atoms with Crippen LogP contribution in [0.3, 0.4) is 0 Å². The second-order valence-electron chi connectivity index (χ2n) is 5.90. The van der Waals surface area contributed by atoms with Crippen molar-refractivity contribution in [1.82, 2.24) is 10.2 Å². The van der Waals surface area contributed by atoms with Crippen LogP contribution in [0.25, 0.3) is 0 Å². The van der Waals surface area contributed by atoms with Gasteiger partial charge in [-0.2, -0.15) is 0 Å². The zero-order valence-corrected chi connectivity index (χ0v) is 11.8. The number of carbonyl (C=O) groups excluding carboxylic acids is 1. The van der Waals surface area contributed by atoms with Crippen LogP contribution in [0.1, 0.15) is 25.5 Å². The third kappa shape index (κ3) is 2.07. The first-order valence-corrected chi connectivity index (χ1v) is 6.97. The van der Waals surface area contributed by atoms with E-state index in [0.29, 0.717) is 13.1 Å². The van der Waals surface area contributed by atoms with Gasteiger partial charge >= 0.3 is 0 Å². The van der Waals surface area contributed by atoms with Gasteiger partial charge in [0.1, 0.15) is 17.5 Å². The maximum absolute atomic E-state index is 12.2. The van der Waals surface area contributed by atoms with Crippen molar-refractivity contribution in [2.75, 3.05) is 19.6 Å². The van der Waals surface area contributed by atoms with Gasteiger partial charge in [0.2, 0.25) is 5.91 Å². The molecule has 0 aliphatic carbocycles. The van der Waals surface area contributed by atoms with Gasteiger partial charge in [-0.3, -0.25) is 4.79 Å². The smallest absolute Gasteiger partial charge is 0.237 e. The van der Waals surface area contributed by atoms with Crippen molar-refractivity contribution >= 4 is 5.91 Å². The quantitative estimate of drug-likeness (QED) is 0.792. The molecule has 2 heterocycles. The van der Waals surface area contributed by atoms with Gasteiger partial charge in [-0.05, 0) is 19.9 Å². The molecule has 1 aromatic rings. The van der Waals surface area contributed by atoms with Gasteiger partial charge in [0, 0.05) is 18.7 Å². The fourth-order valence-corrected chi connectivity index (χ4v) is 2.97. The Hall–Kier alpha value is -1.59. The molecular weight excluding hydrogens is 256 g/mol. The Morgan fingerprint density at radius 3 is 2.90 bits per heavy atom. The number of hydrogen-bond donors (Lipinski definition) is 2. The molecule has 2 aliphatic rings. The third-order valence-corrected chi connectivity index (χ3v) is 4.08. The molecule has 5 heteroatoms. The number of carbonyl (C=O) groups is 1. The minimum Gasteiger partial charge on any atom is -0.485 e. The van der Waals surface area contributed by atoms with Crippen LogP contribution in [0.15, 0.2) is 24.3 Å². The van der Waals surface area contributed by atoms with E-state index in [1.54, 1.807) is 4.90 Å². The highest BCUT2D eigenvalue weighted by atomic mass is 16.5. The SMILES string of the molecule is CC1(C)Oc2ccccc2C(N2CCNCC2=O)C1O. The molecule has 2 unspecified atom stereocenters. The predicted molar refractivity (Wildman–Crippen MR) is 74.5 cm³/mol. The number of benzene rings is 1. The van der Waals surface area contributed by atoms with Crippen molar-refractivity contribution in [2.24, 2.45) is 0 Å². The number of hydrogen-bond acceptors (Lipinski definition) is 4. The van der Waals surface area contributed by atoms with E-state index in [1.165, 1.54) is 0 Å². The minimum absolute atomic E-state index is 0.0211. The number of rotatable bonds is 1. The van der Waals surface area contributed by atoms with Crippen LogP contribution in [0.5, 0.6) is 5.75 Å². The molecule has 2 N–H and O–H groups in total. The number of ether oxygens (including phenoxy) is 1. The molecule has 2 atom stereocenters. The summed E-state index contributed by atoms with van der Waals surface area (Å²) in [7, 11) is 0. The molecule has 1 aromatic carbocycles. The van der Waals surface area contributed by atoms with Gasteiger partial charge in [-0.25, -0.2) is 0 Å². The van der Waals surface area contributed by atoms with E-state index < -0.39 is 11.7 Å². The Labute approximate surface area is 118 Å². The van der Waals surface area contributed by atoms with Gasteiger partial charge < -0.3 is 20.1 Å². The minimum atomic E-state index is -0.751. The molecule has 108 valence electrons. The Bertz CT molecular complexity index is 530. The number of aliphatic hydroxyl groups is 1. The molecule has 5 nitrogen and oxygen atoms in total. The maximum Gasteiger partial charge on any atom is 0.237 e. The van der Waals surface area contributed by atoms with Crippen LogP contribution in [-0.4, -0.2) is 47.3 Å². The molecule has 0 spiro atoms. The second-order valence-corrected chi connectivity index (χ2v) is 5.90. The van der Waals surface area contributed by atoms with E-state index in [2.05, 4.69) is 5.32 Å². The summed E-state index contributed by atoms with van der Waals surface area (Å²) in [6.45, 7) is 5.39. The predicted octanol–water partition coefficient (Wildman–Crippen LogP) is 0.691. The lowest BCUT2D eigenvalue weighted by molar-refractivity contribution is -0.145. The highest BCUT2D eigenvalue weighted by molar-refractivity contribution is 5.79. The number of nitrogens with zero attached hydrogens (tertiary/aromatic N) is 1. The average molecular weight is 276 g/mol. The van der Waals surface area contributed by atoms with Crippen molar-refractivity contribution in [2.45, 2.75) is 31.6 Å². The Morgan fingerprint density at radius 2 is 2.15 bits per heavy atom. The number of piperazine rings is 1. The summed E-state index contributed by atoms with van der Waals surface area (Å²) in [5, 5.41) is 13.7. The molecule has 0 saturated carbocycles. The van der Waals surface area contributed by atoms with Crippen molar-refractivity contribution in [3.05, 3.63) is 29.8 Å². The lowest BCUT2D eigenvalue weighted by Crippen LogP contribution is -2.58. The van der Waals surface area contributed by atoms with Gasteiger partial charge in [0.25, 0.3) is 0 Å². The lowest BCUT2D eigenvalue weighted by atomic mass is 9.85. The van der Waals surface area contributed by atoms with E-state index in [0.717, 1.165) is 17.9 Å². The fourth-order valence-electron chi connectivity index (χ4n) is 2.97. The van der Waals surface area contributed by atoms with Crippen LogP contribution in [-0.2, 0) is 4.79 Å². The first-order chi connectivity index (χ1) is 9.50. The number of aliphatic hydroxyl groups excluding tert-OH is 1. The van der Waals surface area contributed by atoms with Crippen LogP contribution >= 0.6 is 0 Å². The summed E-state index contributed by atoms with van der Waals surface area (Å²) in [4.78, 5) is 13.9. The van der Waals surface area contributed by atoms with E-state index in [1.807, 2.05) is 38.1 Å². The molecule has 1 amide bonds. The van der Waals surface area contributed by atoms with Crippen LogP contribution in [0.4, 0.5) is 0 Å². The standard InChI is InChI=1S/C15H20N2O3/c1-15(2)14(19)13(17-8-7-16-9-12(17)18)10-5-3-4-6-11(10)20-15/h3-6,13-14,16,19H,7-9H2,1-2H3. The van der Waals surface area contributed by atoms with E-state index >= 15 is 0 Å². The first-order valence-electron chi connectivity index (χ1n) is 6.97. The number of fused-ring (bicyclic) bond motifs is 1. The lowest BCUT2D eigenvalue weighted by Gasteiger charge is -2.47. The molecule has 0 aromatic heterocycles. The van der Waals surface area contributed by atoms with Crippen LogP contribution < -0.4 is 10.1 Å². The summed E-state index contributed by atoms with van der Waals surface area (Å²) >= 11 is 0. The van der Waals surface area contributed by atoms with Crippen LogP contribution in [0.2, 0.25) is 0 Å². The van der Waals surface area contributed by atoms with Crippen LogP contribution in [0, 0.1) is 0 Å². The molecule has 20 heavy (non-hydrogen) atoms. The van der Waals surface area contributed by atoms with Gasteiger partial charge in [0.15, 0.2) is 0 Å². The van der Waals surface area contributed by atoms with Gasteiger partial charge in [-0.15, -0.1) is 0 Å². The molecule has 3 rings (SSSR count).